The third kappa shape index (κ3) is 3.48. The number of benzene rings is 1. The molecule has 1 N–H and O–H groups in total. The SMILES string of the molecule is CNc1cc(C(=O)N(C)Cc2ccccc2)cc(Cl)n1. The molecule has 0 saturated carbocycles. The molecule has 0 aliphatic rings. The van der Waals surface area contributed by atoms with Crippen LogP contribution in [0, 0.1) is 0 Å². The Bertz CT molecular complexity index is 601. The molecule has 0 aliphatic carbocycles. The molecule has 0 unspecified atom stereocenters. The van der Waals surface area contributed by atoms with Gasteiger partial charge >= 0.3 is 0 Å². The molecule has 1 amide bonds. The van der Waals surface area contributed by atoms with Crippen LogP contribution in [0.25, 0.3) is 0 Å². The molecule has 1 aromatic heterocycles. The van der Waals surface area contributed by atoms with E-state index in [-0.39, 0.29) is 5.91 Å². The molecule has 2 rings (SSSR count). The molecule has 0 aliphatic heterocycles. The van der Waals surface area contributed by atoms with Crippen LogP contribution in [0.15, 0.2) is 42.5 Å². The maximum Gasteiger partial charge on any atom is 0.254 e. The molecular formula is C15H16ClN3O. The Morgan fingerprint density at radius 3 is 2.65 bits per heavy atom. The number of hydrogen-bond donors (Lipinski definition) is 1. The highest BCUT2D eigenvalue weighted by Gasteiger charge is 2.14. The van der Waals surface area contributed by atoms with Crippen molar-refractivity contribution in [2.75, 3.05) is 19.4 Å². The first-order valence-corrected chi connectivity index (χ1v) is 6.62. The van der Waals surface area contributed by atoms with Crippen molar-refractivity contribution in [3.63, 3.8) is 0 Å². The molecule has 0 fully saturated rings. The molecule has 0 saturated heterocycles. The summed E-state index contributed by atoms with van der Waals surface area (Å²) in [6.07, 6.45) is 0. The summed E-state index contributed by atoms with van der Waals surface area (Å²) >= 11 is 5.92. The van der Waals surface area contributed by atoms with Crippen LogP contribution >= 0.6 is 11.6 Å². The van der Waals surface area contributed by atoms with E-state index < -0.39 is 0 Å². The Hall–Kier alpha value is -2.07. The highest BCUT2D eigenvalue weighted by molar-refractivity contribution is 6.29. The van der Waals surface area contributed by atoms with Crippen molar-refractivity contribution in [3.8, 4) is 0 Å². The summed E-state index contributed by atoms with van der Waals surface area (Å²) in [7, 11) is 3.50. The van der Waals surface area contributed by atoms with E-state index in [1.54, 1.807) is 31.1 Å². The second kappa shape index (κ2) is 6.39. The average Bonchev–Trinajstić information content (AvgIpc) is 2.46. The summed E-state index contributed by atoms with van der Waals surface area (Å²) in [5.41, 5.74) is 1.60. The lowest BCUT2D eigenvalue weighted by molar-refractivity contribution is 0.0785. The summed E-state index contributed by atoms with van der Waals surface area (Å²) in [6.45, 7) is 0.550. The number of rotatable bonds is 4. The second-order valence-corrected chi connectivity index (χ2v) is 4.85. The Labute approximate surface area is 123 Å². The van der Waals surface area contributed by atoms with Gasteiger partial charge in [-0.2, -0.15) is 0 Å². The quantitative estimate of drug-likeness (QED) is 0.880. The number of aromatic nitrogens is 1. The van der Waals surface area contributed by atoms with Crippen LogP contribution in [0.4, 0.5) is 5.82 Å². The molecule has 2 aromatic rings. The molecule has 4 nitrogen and oxygen atoms in total. The lowest BCUT2D eigenvalue weighted by Gasteiger charge is -2.17. The summed E-state index contributed by atoms with van der Waals surface area (Å²) in [6, 6.07) is 13.1. The van der Waals surface area contributed by atoms with Crippen LogP contribution in [0.3, 0.4) is 0 Å². The molecule has 20 heavy (non-hydrogen) atoms. The molecule has 1 aromatic carbocycles. The van der Waals surface area contributed by atoms with E-state index in [2.05, 4.69) is 10.3 Å². The number of carbonyl (C=O) groups is 1. The fraction of sp³-hybridized carbons (Fsp3) is 0.200. The average molecular weight is 290 g/mol. The largest absolute Gasteiger partial charge is 0.373 e. The van der Waals surface area contributed by atoms with Gasteiger partial charge in [-0.1, -0.05) is 41.9 Å². The Morgan fingerprint density at radius 1 is 1.30 bits per heavy atom. The van der Waals surface area contributed by atoms with Crippen LogP contribution in [-0.2, 0) is 6.54 Å². The maximum atomic E-state index is 12.4. The number of pyridine rings is 1. The minimum absolute atomic E-state index is 0.0883. The van der Waals surface area contributed by atoms with Crippen molar-refractivity contribution in [1.82, 2.24) is 9.88 Å². The fourth-order valence-corrected chi connectivity index (χ4v) is 2.11. The molecule has 104 valence electrons. The molecule has 0 bridgehead atoms. The third-order valence-electron chi connectivity index (χ3n) is 2.91. The number of nitrogens with zero attached hydrogens (tertiary/aromatic N) is 2. The van der Waals surface area contributed by atoms with Crippen LogP contribution in [0.1, 0.15) is 15.9 Å². The zero-order valence-electron chi connectivity index (χ0n) is 11.4. The van der Waals surface area contributed by atoms with E-state index >= 15 is 0 Å². The van der Waals surface area contributed by atoms with E-state index in [0.717, 1.165) is 5.56 Å². The monoisotopic (exact) mass is 289 g/mol. The van der Waals surface area contributed by atoms with Crippen LogP contribution in [0.5, 0.6) is 0 Å². The van der Waals surface area contributed by atoms with Gasteiger partial charge in [-0.05, 0) is 17.7 Å². The van der Waals surface area contributed by atoms with Gasteiger partial charge in [-0.3, -0.25) is 4.79 Å². The summed E-state index contributed by atoms with van der Waals surface area (Å²) in [5.74, 6) is 0.489. The van der Waals surface area contributed by atoms with Crippen LogP contribution in [0.2, 0.25) is 5.15 Å². The van der Waals surface area contributed by atoms with E-state index in [1.165, 1.54) is 0 Å². The van der Waals surface area contributed by atoms with Crippen molar-refractivity contribution in [2.45, 2.75) is 6.54 Å². The smallest absolute Gasteiger partial charge is 0.254 e. The lowest BCUT2D eigenvalue weighted by atomic mass is 10.2. The summed E-state index contributed by atoms with van der Waals surface area (Å²) < 4.78 is 0. The van der Waals surface area contributed by atoms with Crippen molar-refractivity contribution >= 4 is 23.3 Å². The topological polar surface area (TPSA) is 45.2 Å². The Morgan fingerprint density at radius 2 is 2.00 bits per heavy atom. The van der Waals surface area contributed by atoms with E-state index in [9.17, 15) is 4.79 Å². The zero-order valence-corrected chi connectivity index (χ0v) is 12.2. The predicted molar refractivity (Wildman–Crippen MR) is 81.0 cm³/mol. The second-order valence-electron chi connectivity index (χ2n) is 4.46. The normalized spacial score (nSPS) is 10.2. The van der Waals surface area contributed by atoms with Gasteiger partial charge in [0.2, 0.25) is 0 Å². The van der Waals surface area contributed by atoms with E-state index in [0.29, 0.717) is 23.1 Å². The molecule has 1 heterocycles. The van der Waals surface area contributed by atoms with Crippen molar-refractivity contribution < 1.29 is 4.79 Å². The lowest BCUT2D eigenvalue weighted by Crippen LogP contribution is -2.26. The van der Waals surface area contributed by atoms with Crippen molar-refractivity contribution in [3.05, 3.63) is 58.7 Å². The standard InChI is InChI=1S/C15H16ClN3O/c1-17-14-9-12(8-13(16)18-14)15(20)19(2)10-11-6-4-3-5-7-11/h3-9H,10H2,1-2H3,(H,17,18). The molecule has 0 radical (unpaired) electrons. The minimum Gasteiger partial charge on any atom is -0.373 e. The van der Waals surface area contributed by atoms with Gasteiger partial charge in [0.05, 0.1) is 0 Å². The van der Waals surface area contributed by atoms with Gasteiger partial charge < -0.3 is 10.2 Å². The van der Waals surface area contributed by atoms with Crippen LogP contribution in [-0.4, -0.2) is 29.9 Å². The van der Waals surface area contributed by atoms with Gasteiger partial charge in [0.1, 0.15) is 11.0 Å². The molecule has 0 spiro atoms. The first-order chi connectivity index (χ1) is 9.60. The van der Waals surface area contributed by atoms with E-state index in [1.807, 2.05) is 30.3 Å². The summed E-state index contributed by atoms with van der Waals surface area (Å²) in [4.78, 5) is 18.1. The fourth-order valence-electron chi connectivity index (χ4n) is 1.90. The number of nitrogens with one attached hydrogen (secondary N) is 1. The zero-order chi connectivity index (χ0) is 14.5. The van der Waals surface area contributed by atoms with E-state index in [4.69, 9.17) is 11.6 Å². The number of anilines is 1. The number of amides is 1. The molecule has 5 heteroatoms. The van der Waals surface area contributed by atoms with Crippen LogP contribution < -0.4 is 5.32 Å². The van der Waals surface area contributed by atoms with Gasteiger partial charge in [0, 0.05) is 26.2 Å². The van der Waals surface area contributed by atoms with Crippen molar-refractivity contribution in [1.29, 1.82) is 0 Å². The van der Waals surface area contributed by atoms with Crippen molar-refractivity contribution in [2.24, 2.45) is 0 Å². The molecule has 0 atom stereocenters. The third-order valence-corrected chi connectivity index (χ3v) is 3.10. The summed E-state index contributed by atoms with van der Waals surface area (Å²) in [5, 5.41) is 3.18. The maximum absolute atomic E-state index is 12.4. The first-order valence-electron chi connectivity index (χ1n) is 6.25. The number of halogens is 1. The predicted octanol–water partition coefficient (Wildman–Crippen LogP) is 3.05. The van der Waals surface area contributed by atoms with Gasteiger partial charge in [0.15, 0.2) is 0 Å². The Kier molecular flexibility index (Phi) is 4.58. The van der Waals surface area contributed by atoms with Gasteiger partial charge in [0.25, 0.3) is 5.91 Å². The minimum atomic E-state index is -0.0883. The first kappa shape index (κ1) is 14.3. The highest BCUT2D eigenvalue weighted by Crippen LogP contribution is 2.16. The van der Waals surface area contributed by atoms with Gasteiger partial charge in [-0.25, -0.2) is 4.98 Å². The highest BCUT2D eigenvalue weighted by atomic mass is 35.5. The van der Waals surface area contributed by atoms with Gasteiger partial charge in [-0.15, -0.1) is 0 Å². The number of hydrogen-bond acceptors (Lipinski definition) is 3. The number of carbonyl (C=O) groups excluding carboxylic acids is 1. The Balaban J connectivity index is 2.16. The molecular weight excluding hydrogens is 274 g/mol.